The summed E-state index contributed by atoms with van der Waals surface area (Å²) in [6.45, 7) is 0.839. The summed E-state index contributed by atoms with van der Waals surface area (Å²) >= 11 is 1.71. The van der Waals surface area contributed by atoms with Crippen LogP contribution in [0.25, 0.3) is 0 Å². The zero-order valence-corrected chi connectivity index (χ0v) is 9.14. The quantitative estimate of drug-likeness (QED) is 0.667. The van der Waals surface area contributed by atoms with Gasteiger partial charge in [0.2, 0.25) is 0 Å². The zero-order chi connectivity index (χ0) is 10.6. The van der Waals surface area contributed by atoms with Crippen molar-refractivity contribution in [3.63, 3.8) is 0 Å². The Morgan fingerprint density at radius 2 is 2.07 bits per heavy atom. The van der Waals surface area contributed by atoms with Crippen LogP contribution in [0.4, 0.5) is 0 Å². The van der Waals surface area contributed by atoms with Gasteiger partial charge in [-0.2, -0.15) is 11.8 Å². The molecule has 1 rings (SSSR count). The molecule has 3 N–H and O–H groups in total. The van der Waals surface area contributed by atoms with E-state index in [1.54, 1.807) is 17.8 Å². The molecule has 1 aromatic rings. The van der Waals surface area contributed by atoms with Gasteiger partial charge in [0.1, 0.15) is 0 Å². The van der Waals surface area contributed by atoms with Crippen molar-refractivity contribution in [3.8, 4) is 11.5 Å². The van der Waals surface area contributed by atoms with Gasteiger partial charge in [0, 0.05) is 11.8 Å². The van der Waals surface area contributed by atoms with Crippen LogP contribution in [-0.4, -0.2) is 30.1 Å². The number of nitrogens with one attached hydrogen (secondary N) is 1. The lowest BCUT2D eigenvalue weighted by molar-refractivity contribution is 0.403. The van der Waals surface area contributed by atoms with Gasteiger partial charge in [-0.15, -0.1) is 0 Å². The maximum Gasteiger partial charge on any atom is 0.157 e. The molecule has 0 heterocycles. The highest BCUT2D eigenvalue weighted by molar-refractivity contribution is 7.98. The van der Waals surface area contributed by atoms with E-state index in [1.807, 2.05) is 19.4 Å². The standard InChI is InChI=1S/C10H15NO2S/c1-11-6-10(14-2)7-3-4-8(12)9(13)5-7/h3-5,10-13H,6H2,1-2H3/t10-/m0/s1. The predicted molar refractivity (Wildman–Crippen MR) is 60.0 cm³/mol. The average Bonchev–Trinajstić information content (AvgIpc) is 2.19. The van der Waals surface area contributed by atoms with Crippen molar-refractivity contribution < 1.29 is 10.2 Å². The van der Waals surface area contributed by atoms with Crippen LogP contribution in [0.2, 0.25) is 0 Å². The molecule has 0 saturated heterocycles. The molecule has 1 aromatic carbocycles. The minimum atomic E-state index is -0.0712. The van der Waals surface area contributed by atoms with Crippen molar-refractivity contribution in [2.75, 3.05) is 19.8 Å². The number of hydrogen-bond donors (Lipinski definition) is 3. The second-order valence-electron chi connectivity index (χ2n) is 3.03. The van der Waals surface area contributed by atoms with E-state index in [9.17, 15) is 5.11 Å². The van der Waals surface area contributed by atoms with Crippen LogP contribution in [-0.2, 0) is 0 Å². The number of aromatic hydroxyl groups is 2. The fraction of sp³-hybridized carbons (Fsp3) is 0.400. The summed E-state index contributed by atoms with van der Waals surface area (Å²) in [5.74, 6) is -0.129. The molecule has 1 atom stereocenters. The van der Waals surface area contributed by atoms with E-state index in [-0.39, 0.29) is 11.5 Å². The third kappa shape index (κ3) is 2.56. The fourth-order valence-corrected chi connectivity index (χ4v) is 2.02. The highest BCUT2D eigenvalue weighted by Crippen LogP contribution is 2.32. The van der Waals surface area contributed by atoms with Crippen LogP contribution >= 0.6 is 11.8 Å². The average molecular weight is 213 g/mol. The van der Waals surface area contributed by atoms with Crippen molar-refractivity contribution in [2.24, 2.45) is 0 Å². The van der Waals surface area contributed by atoms with E-state index in [1.165, 1.54) is 6.07 Å². The molecule has 3 nitrogen and oxygen atoms in total. The number of rotatable bonds is 4. The number of thioether (sulfide) groups is 1. The third-order valence-corrected chi connectivity index (χ3v) is 3.05. The molecule has 0 aromatic heterocycles. The second kappa shape index (κ2) is 5.12. The molecule has 0 radical (unpaired) electrons. The summed E-state index contributed by atoms with van der Waals surface area (Å²) < 4.78 is 0. The van der Waals surface area contributed by atoms with Crippen molar-refractivity contribution in [2.45, 2.75) is 5.25 Å². The molecule has 0 bridgehead atoms. The maximum absolute atomic E-state index is 9.33. The van der Waals surface area contributed by atoms with E-state index in [0.717, 1.165) is 12.1 Å². The summed E-state index contributed by atoms with van der Waals surface area (Å²) in [4.78, 5) is 0. The minimum absolute atomic E-state index is 0.0577. The van der Waals surface area contributed by atoms with Gasteiger partial charge in [0.05, 0.1) is 0 Å². The summed E-state index contributed by atoms with van der Waals surface area (Å²) in [6.07, 6.45) is 2.02. The van der Waals surface area contributed by atoms with Crippen LogP contribution in [0.15, 0.2) is 18.2 Å². The highest BCUT2D eigenvalue weighted by atomic mass is 32.2. The van der Waals surface area contributed by atoms with Gasteiger partial charge in [-0.3, -0.25) is 0 Å². The molecular weight excluding hydrogens is 198 g/mol. The first kappa shape index (κ1) is 11.2. The van der Waals surface area contributed by atoms with Gasteiger partial charge in [0.15, 0.2) is 11.5 Å². The Kier molecular flexibility index (Phi) is 4.10. The fourth-order valence-electron chi connectivity index (χ4n) is 1.26. The SMILES string of the molecule is CNC[C@H](SC)c1ccc(O)c(O)c1. The van der Waals surface area contributed by atoms with E-state index in [2.05, 4.69) is 5.32 Å². The van der Waals surface area contributed by atoms with Crippen LogP contribution in [0.3, 0.4) is 0 Å². The normalized spacial score (nSPS) is 12.7. The smallest absolute Gasteiger partial charge is 0.157 e. The Hall–Kier alpha value is -0.870. The van der Waals surface area contributed by atoms with E-state index >= 15 is 0 Å². The monoisotopic (exact) mass is 213 g/mol. The molecule has 0 aliphatic rings. The van der Waals surface area contributed by atoms with E-state index < -0.39 is 0 Å². The van der Waals surface area contributed by atoms with Crippen molar-refractivity contribution in [1.29, 1.82) is 0 Å². The van der Waals surface area contributed by atoms with Crippen molar-refractivity contribution >= 4 is 11.8 Å². The molecule has 78 valence electrons. The number of hydrogen-bond acceptors (Lipinski definition) is 4. The lowest BCUT2D eigenvalue weighted by Gasteiger charge is -2.14. The van der Waals surface area contributed by atoms with Gasteiger partial charge in [-0.05, 0) is 31.0 Å². The number of likely N-dealkylation sites (N-methyl/N-ethyl adjacent to an activating group) is 1. The summed E-state index contributed by atoms with van der Waals surface area (Å²) in [5.41, 5.74) is 1.02. The second-order valence-corrected chi connectivity index (χ2v) is 4.07. The lowest BCUT2D eigenvalue weighted by Crippen LogP contribution is -2.14. The summed E-state index contributed by atoms with van der Waals surface area (Å²) in [6, 6.07) is 4.95. The first-order chi connectivity index (χ1) is 6.69. The molecule has 14 heavy (non-hydrogen) atoms. The van der Waals surface area contributed by atoms with Gasteiger partial charge >= 0.3 is 0 Å². The first-order valence-corrected chi connectivity index (χ1v) is 5.67. The number of phenols is 2. The van der Waals surface area contributed by atoms with E-state index in [4.69, 9.17) is 5.11 Å². The van der Waals surface area contributed by atoms with E-state index in [0.29, 0.717) is 5.25 Å². The highest BCUT2D eigenvalue weighted by Gasteiger charge is 2.10. The Morgan fingerprint density at radius 1 is 1.36 bits per heavy atom. The molecule has 0 aliphatic heterocycles. The Labute approximate surface area is 88.2 Å². The van der Waals surface area contributed by atoms with Gasteiger partial charge in [0.25, 0.3) is 0 Å². The molecule has 0 aliphatic carbocycles. The lowest BCUT2D eigenvalue weighted by atomic mass is 10.1. The van der Waals surface area contributed by atoms with Crippen LogP contribution in [0.1, 0.15) is 10.8 Å². The van der Waals surface area contributed by atoms with Crippen LogP contribution in [0.5, 0.6) is 11.5 Å². The Balaban J connectivity index is 2.88. The van der Waals surface area contributed by atoms with Crippen molar-refractivity contribution in [3.05, 3.63) is 23.8 Å². The van der Waals surface area contributed by atoms with Gasteiger partial charge in [-0.25, -0.2) is 0 Å². The molecule has 4 heteroatoms. The Morgan fingerprint density at radius 3 is 2.57 bits per heavy atom. The topological polar surface area (TPSA) is 52.5 Å². The molecule has 0 amide bonds. The number of benzene rings is 1. The predicted octanol–water partition coefficient (Wildman–Crippen LogP) is 1.72. The molecule has 0 saturated carbocycles. The molecule has 0 unspecified atom stereocenters. The Bertz CT molecular complexity index is 304. The first-order valence-electron chi connectivity index (χ1n) is 4.38. The third-order valence-electron chi connectivity index (χ3n) is 2.05. The summed E-state index contributed by atoms with van der Waals surface area (Å²) in [7, 11) is 1.89. The molecule has 0 spiro atoms. The van der Waals surface area contributed by atoms with Gasteiger partial charge in [-0.1, -0.05) is 6.07 Å². The molecule has 0 fully saturated rings. The largest absolute Gasteiger partial charge is 0.504 e. The maximum atomic E-state index is 9.33. The van der Waals surface area contributed by atoms with Crippen LogP contribution < -0.4 is 5.32 Å². The summed E-state index contributed by atoms with van der Waals surface area (Å²) in [5, 5.41) is 21.9. The zero-order valence-electron chi connectivity index (χ0n) is 8.32. The van der Waals surface area contributed by atoms with Gasteiger partial charge < -0.3 is 15.5 Å². The van der Waals surface area contributed by atoms with Crippen molar-refractivity contribution in [1.82, 2.24) is 5.32 Å². The minimum Gasteiger partial charge on any atom is -0.504 e. The molecular formula is C10H15NO2S. The van der Waals surface area contributed by atoms with Crippen LogP contribution in [0, 0.1) is 0 Å². The number of phenolic OH excluding ortho intramolecular Hbond substituents is 2.